The van der Waals surface area contributed by atoms with Gasteiger partial charge in [-0.05, 0) is 70.3 Å². The molecule has 1 unspecified atom stereocenters. The molecule has 1 atom stereocenters. The molecule has 0 aliphatic heterocycles. The van der Waals surface area contributed by atoms with Crippen molar-refractivity contribution >= 4 is 49.9 Å². The number of hydrogen-bond acceptors (Lipinski definition) is 2. The third-order valence-corrected chi connectivity index (χ3v) is 4.78. The molecule has 2 aromatic rings. The fraction of sp³-hybridized carbons (Fsp3) is 0.167. The van der Waals surface area contributed by atoms with E-state index >= 15 is 0 Å². The van der Waals surface area contributed by atoms with Gasteiger partial charge in [0.1, 0.15) is 0 Å². The van der Waals surface area contributed by atoms with Crippen LogP contribution in [0, 0.1) is 10.5 Å². The Morgan fingerprint density at radius 2 is 2.06 bits per heavy atom. The Hall–Kier alpha value is 0.0900. The Kier molecular flexibility index (Phi) is 4.05. The Labute approximate surface area is 121 Å². The first-order chi connectivity index (χ1) is 7.59. The van der Waals surface area contributed by atoms with Gasteiger partial charge in [-0.25, -0.2) is 0 Å². The Morgan fingerprint density at radius 3 is 2.69 bits per heavy atom. The van der Waals surface area contributed by atoms with Gasteiger partial charge in [-0.3, -0.25) is 0 Å². The van der Waals surface area contributed by atoms with E-state index in [4.69, 9.17) is 5.73 Å². The van der Waals surface area contributed by atoms with Crippen molar-refractivity contribution < 1.29 is 0 Å². The molecule has 0 saturated heterocycles. The van der Waals surface area contributed by atoms with E-state index in [0.717, 1.165) is 10.0 Å². The zero-order chi connectivity index (χ0) is 11.7. The molecule has 0 spiro atoms. The van der Waals surface area contributed by atoms with E-state index in [1.165, 1.54) is 14.0 Å². The summed E-state index contributed by atoms with van der Waals surface area (Å²) in [6.07, 6.45) is 0. The molecule has 0 bridgehead atoms. The molecule has 1 nitrogen and oxygen atoms in total. The van der Waals surface area contributed by atoms with Gasteiger partial charge in [-0.2, -0.15) is 0 Å². The molecule has 1 aromatic heterocycles. The monoisotopic (exact) mass is 407 g/mol. The maximum Gasteiger partial charge on any atom is 0.0574 e. The van der Waals surface area contributed by atoms with E-state index in [2.05, 4.69) is 75.1 Å². The first-order valence-corrected chi connectivity index (χ1v) is 7.59. The Bertz CT molecular complexity index is 509. The van der Waals surface area contributed by atoms with Crippen molar-refractivity contribution in [3.63, 3.8) is 0 Å². The maximum atomic E-state index is 6.30. The van der Waals surface area contributed by atoms with Crippen LogP contribution in [0.4, 0.5) is 0 Å². The van der Waals surface area contributed by atoms with Crippen LogP contribution in [0.1, 0.15) is 22.0 Å². The molecule has 0 amide bonds. The summed E-state index contributed by atoms with van der Waals surface area (Å²) in [7, 11) is 0. The summed E-state index contributed by atoms with van der Waals surface area (Å²) >= 11 is 7.61. The molecular formula is C12H11BrINS. The first kappa shape index (κ1) is 12.5. The number of thiophene rings is 1. The van der Waals surface area contributed by atoms with E-state index in [9.17, 15) is 0 Å². The lowest BCUT2D eigenvalue weighted by Crippen LogP contribution is -2.12. The summed E-state index contributed by atoms with van der Waals surface area (Å²) < 4.78 is 2.28. The highest BCUT2D eigenvalue weighted by molar-refractivity contribution is 14.1. The smallest absolute Gasteiger partial charge is 0.0574 e. The summed E-state index contributed by atoms with van der Waals surface area (Å²) in [5.41, 5.74) is 8.67. The number of nitrogens with two attached hydrogens (primary N) is 1. The quantitative estimate of drug-likeness (QED) is 0.730. The average Bonchev–Trinajstić information content (AvgIpc) is 2.67. The van der Waals surface area contributed by atoms with Gasteiger partial charge in [0.15, 0.2) is 0 Å². The van der Waals surface area contributed by atoms with Crippen LogP contribution in [0.5, 0.6) is 0 Å². The second-order valence-electron chi connectivity index (χ2n) is 3.58. The number of rotatable bonds is 2. The van der Waals surface area contributed by atoms with Crippen molar-refractivity contribution in [2.24, 2.45) is 5.73 Å². The molecule has 1 aromatic carbocycles. The molecule has 4 heteroatoms. The summed E-state index contributed by atoms with van der Waals surface area (Å²) in [5.74, 6) is 0. The minimum Gasteiger partial charge on any atom is -0.320 e. The second-order valence-corrected chi connectivity index (χ2v) is 6.80. The van der Waals surface area contributed by atoms with Gasteiger partial charge in [0.2, 0.25) is 0 Å². The summed E-state index contributed by atoms with van der Waals surface area (Å²) in [6.45, 7) is 2.11. The van der Waals surface area contributed by atoms with Crippen molar-refractivity contribution in [1.82, 2.24) is 0 Å². The lowest BCUT2D eigenvalue weighted by molar-refractivity contribution is 0.863. The second kappa shape index (κ2) is 5.16. The van der Waals surface area contributed by atoms with Crippen LogP contribution in [-0.2, 0) is 0 Å². The topological polar surface area (TPSA) is 26.0 Å². The summed E-state index contributed by atoms with van der Waals surface area (Å²) in [5, 5.41) is 2.09. The fourth-order valence-corrected chi connectivity index (χ4v) is 3.40. The van der Waals surface area contributed by atoms with Crippen LogP contribution in [0.2, 0.25) is 0 Å². The molecule has 2 rings (SSSR count). The van der Waals surface area contributed by atoms with E-state index in [1.54, 1.807) is 11.3 Å². The minimum absolute atomic E-state index is 0.0460. The lowest BCUT2D eigenvalue weighted by atomic mass is 10.0. The largest absolute Gasteiger partial charge is 0.320 e. The minimum atomic E-state index is -0.0460. The van der Waals surface area contributed by atoms with Crippen LogP contribution in [-0.4, -0.2) is 0 Å². The molecule has 1 heterocycles. The van der Waals surface area contributed by atoms with Crippen LogP contribution < -0.4 is 5.73 Å². The van der Waals surface area contributed by atoms with Gasteiger partial charge in [0, 0.05) is 12.9 Å². The first-order valence-electron chi connectivity index (χ1n) is 4.84. The van der Waals surface area contributed by atoms with E-state index in [0.29, 0.717) is 0 Å². The van der Waals surface area contributed by atoms with Gasteiger partial charge in [-0.15, -0.1) is 11.3 Å². The van der Waals surface area contributed by atoms with Gasteiger partial charge < -0.3 is 5.73 Å². The van der Waals surface area contributed by atoms with E-state index in [-0.39, 0.29) is 6.04 Å². The highest BCUT2D eigenvalue weighted by atomic mass is 127. The molecule has 0 aliphatic rings. The fourth-order valence-electron chi connectivity index (χ4n) is 1.64. The summed E-state index contributed by atoms with van der Waals surface area (Å²) in [6, 6.07) is 8.32. The van der Waals surface area contributed by atoms with Crippen molar-refractivity contribution in [3.05, 3.63) is 53.7 Å². The molecule has 0 fully saturated rings. The molecule has 0 radical (unpaired) electrons. The van der Waals surface area contributed by atoms with Crippen LogP contribution in [0.3, 0.4) is 0 Å². The van der Waals surface area contributed by atoms with Crippen molar-refractivity contribution in [2.45, 2.75) is 13.0 Å². The zero-order valence-corrected chi connectivity index (χ0v) is 13.3. The Morgan fingerprint density at radius 1 is 1.31 bits per heavy atom. The van der Waals surface area contributed by atoms with Crippen LogP contribution >= 0.6 is 49.9 Å². The predicted molar refractivity (Wildman–Crippen MR) is 81.9 cm³/mol. The predicted octanol–water partition coefficient (Wildman–Crippen LogP) is 4.47. The van der Waals surface area contributed by atoms with E-state index in [1.807, 2.05) is 0 Å². The number of aryl methyl sites for hydroxylation is 1. The number of benzene rings is 1. The number of halogens is 2. The molecule has 0 saturated carbocycles. The van der Waals surface area contributed by atoms with Gasteiger partial charge >= 0.3 is 0 Å². The standard InChI is InChI=1S/C12H11BrINS/c1-7-9(4-5-16-7)12(15)10-6-8(14)2-3-11(10)13/h2-6,12H,15H2,1H3. The third-order valence-electron chi connectivity index (χ3n) is 2.53. The van der Waals surface area contributed by atoms with Gasteiger partial charge in [-0.1, -0.05) is 15.9 Å². The molecule has 0 aliphatic carbocycles. The molecule has 16 heavy (non-hydrogen) atoms. The lowest BCUT2D eigenvalue weighted by Gasteiger charge is -2.14. The van der Waals surface area contributed by atoms with E-state index < -0.39 is 0 Å². The SMILES string of the molecule is Cc1sccc1C(N)c1cc(I)ccc1Br. The molecular weight excluding hydrogens is 397 g/mol. The van der Waals surface area contributed by atoms with Crippen molar-refractivity contribution in [1.29, 1.82) is 0 Å². The Balaban J connectivity index is 2.45. The van der Waals surface area contributed by atoms with Gasteiger partial charge in [0.25, 0.3) is 0 Å². The molecule has 84 valence electrons. The van der Waals surface area contributed by atoms with Crippen LogP contribution in [0.25, 0.3) is 0 Å². The number of hydrogen-bond donors (Lipinski definition) is 1. The normalized spacial score (nSPS) is 12.8. The van der Waals surface area contributed by atoms with Gasteiger partial charge in [0.05, 0.1) is 6.04 Å². The average molecular weight is 408 g/mol. The van der Waals surface area contributed by atoms with Crippen LogP contribution in [0.15, 0.2) is 34.1 Å². The highest BCUT2D eigenvalue weighted by Gasteiger charge is 2.15. The zero-order valence-electron chi connectivity index (χ0n) is 8.71. The van der Waals surface area contributed by atoms with Crippen molar-refractivity contribution in [3.8, 4) is 0 Å². The van der Waals surface area contributed by atoms with Crippen molar-refractivity contribution in [2.75, 3.05) is 0 Å². The summed E-state index contributed by atoms with van der Waals surface area (Å²) in [4.78, 5) is 1.29. The highest BCUT2D eigenvalue weighted by Crippen LogP contribution is 2.31. The maximum absolute atomic E-state index is 6.30. The molecule has 2 N–H and O–H groups in total. The third kappa shape index (κ3) is 2.50.